The van der Waals surface area contributed by atoms with Crippen molar-refractivity contribution in [1.82, 2.24) is 4.31 Å². The third-order valence-electron chi connectivity index (χ3n) is 4.62. The number of esters is 1. The lowest BCUT2D eigenvalue weighted by molar-refractivity contribution is -0.143. The smallest absolute Gasteiger partial charge is 0.326 e. The molecule has 0 aliphatic carbocycles. The topological polar surface area (TPSA) is 81.9 Å². The molecule has 0 spiro atoms. The Kier molecular flexibility index (Phi) is 4.32. The van der Waals surface area contributed by atoms with E-state index >= 15 is 0 Å². The Bertz CT molecular complexity index is 986. The number of carbonyl (C=O) groups is 1. The number of rotatable bonds is 5. The molecule has 1 fully saturated rings. The largest absolute Gasteiger partial charge is 0.465 e. The highest BCUT2D eigenvalue weighted by atomic mass is 32.2. The second kappa shape index (κ2) is 6.54. The van der Waals surface area contributed by atoms with Gasteiger partial charge in [0.05, 0.1) is 17.5 Å². The first-order chi connectivity index (χ1) is 12.9. The first-order valence-corrected chi connectivity index (χ1v) is 10.0. The second-order valence-electron chi connectivity index (χ2n) is 6.40. The van der Waals surface area contributed by atoms with Gasteiger partial charge in [0.2, 0.25) is 16.8 Å². The molecule has 0 radical (unpaired) electrons. The molecule has 2 aromatic rings. The lowest BCUT2D eigenvalue weighted by atomic mass is 10.1. The Morgan fingerprint density at radius 2 is 1.85 bits per heavy atom. The van der Waals surface area contributed by atoms with Gasteiger partial charge in [0.1, 0.15) is 6.04 Å². The van der Waals surface area contributed by atoms with E-state index in [0.29, 0.717) is 17.1 Å². The van der Waals surface area contributed by atoms with Crippen molar-refractivity contribution in [3.05, 3.63) is 53.6 Å². The molecule has 2 aliphatic rings. The maximum absolute atomic E-state index is 13.1. The molecule has 27 heavy (non-hydrogen) atoms. The van der Waals surface area contributed by atoms with Gasteiger partial charge in [0.25, 0.3) is 0 Å². The first kappa shape index (κ1) is 17.8. The zero-order valence-electron chi connectivity index (χ0n) is 14.9. The van der Waals surface area contributed by atoms with Crippen LogP contribution in [0.25, 0.3) is 0 Å². The zero-order chi connectivity index (χ0) is 19.2. The van der Waals surface area contributed by atoms with Crippen LogP contribution < -0.4 is 9.47 Å². The van der Waals surface area contributed by atoms with Crippen molar-refractivity contribution in [3.8, 4) is 11.5 Å². The summed E-state index contributed by atoms with van der Waals surface area (Å²) in [6.07, 6.45) is 0. The van der Waals surface area contributed by atoms with Gasteiger partial charge in [0, 0.05) is 0 Å². The van der Waals surface area contributed by atoms with Gasteiger partial charge in [0.15, 0.2) is 11.5 Å². The van der Waals surface area contributed by atoms with E-state index in [1.54, 1.807) is 49.4 Å². The third-order valence-corrected chi connectivity index (χ3v) is 6.50. The first-order valence-electron chi connectivity index (χ1n) is 8.60. The third kappa shape index (κ3) is 3.04. The van der Waals surface area contributed by atoms with E-state index in [9.17, 15) is 13.2 Å². The maximum atomic E-state index is 13.1. The highest BCUT2D eigenvalue weighted by molar-refractivity contribution is 7.89. The average molecular weight is 389 g/mol. The summed E-state index contributed by atoms with van der Waals surface area (Å²) in [4.78, 5) is 12.5. The van der Waals surface area contributed by atoms with E-state index < -0.39 is 28.1 Å². The van der Waals surface area contributed by atoms with E-state index in [4.69, 9.17) is 14.2 Å². The summed E-state index contributed by atoms with van der Waals surface area (Å²) in [5.41, 5.74) is 1.61. The van der Waals surface area contributed by atoms with Crippen molar-refractivity contribution in [1.29, 1.82) is 0 Å². The predicted octanol–water partition coefficient (Wildman–Crippen LogP) is 2.40. The van der Waals surface area contributed by atoms with E-state index in [-0.39, 0.29) is 18.3 Å². The standard InChI is InChI=1S/C19H19NO6S/c1-3-24-19(21)18-17(13-6-9-15-16(10-13)26-11-25-15)20(18)27(22,23)14-7-4-12(2)5-8-14/h4-10,17-18H,3,11H2,1-2H3/t17-,18+,20?/m0/s1. The molecule has 1 unspecified atom stereocenters. The minimum Gasteiger partial charge on any atom is -0.465 e. The Hall–Kier alpha value is -2.58. The molecule has 4 rings (SSSR count). The van der Waals surface area contributed by atoms with E-state index in [1.165, 1.54) is 4.31 Å². The van der Waals surface area contributed by atoms with Gasteiger partial charge in [-0.1, -0.05) is 23.8 Å². The molecule has 2 aromatic carbocycles. The number of aryl methyl sites for hydroxylation is 1. The van der Waals surface area contributed by atoms with Gasteiger partial charge in [-0.15, -0.1) is 0 Å². The Labute approximate surface area is 157 Å². The fraction of sp³-hybridized carbons (Fsp3) is 0.316. The van der Waals surface area contributed by atoms with E-state index in [1.807, 2.05) is 6.92 Å². The number of nitrogens with zero attached hydrogens (tertiary/aromatic N) is 1. The molecule has 1 saturated heterocycles. The Balaban J connectivity index is 1.71. The summed E-state index contributed by atoms with van der Waals surface area (Å²) >= 11 is 0. The molecule has 8 heteroatoms. The quantitative estimate of drug-likeness (QED) is 0.577. The molecule has 0 N–H and O–H groups in total. The average Bonchev–Trinajstić information content (AvgIpc) is 3.25. The van der Waals surface area contributed by atoms with Gasteiger partial charge >= 0.3 is 5.97 Å². The number of sulfonamides is 1. The maximum Gasteiger partial charge on any atom is 0.326 e. The minimum atomic E-state index is -3.85. The SMILES string of the molecule is CCOC(=O)[C@H]1[C@H](c2ccc3c(c2)OCO3)N1S(=O)(=O)c1ccc(C)cc1. The molecule has 2 aliphatic heterocycles. The number of hydrogen-bond acceptors (Lipinski definition) is 6. The summed E-state index contributed by atoms with van der Waals surface area (Å²) in [5, 5.41) is 0. The highest BCUT2D eigenvalue weighted by Gasteiger charge is 2.61. The van der Waals surface area contributed by atoms with Crippen molar-refractivity contribution < 1.29 is 27.4 Å². The van der Waals surface area contributed by atoms with Crippen LogP contribution in [0.1, 0.15) is 24.1 Å². The summed E-state index contributed by atoms with van der Waals surface area (Å²) in [6, 6.07) is 10.2. The van der Waals surface area contributed by atoms with Crippen LogP contribution in [0.5, 0.6) is 11.5 Å². The fourth-order valence-electron chi connectivity index (χ4n) is 3.23. The van der Waals surface area contributed by atoms with E-state index in [0.717, 1.165) is 5.56 Å². The van der Waals surface area contributed by atoms with Crippen LogP contribution in [-0.2, 0) is 19.6 Å². The van der Waals surface area contributed by atoms with Crippen LogP contribution in [0.4, 0.5) is 0 Å². The van der Waals surface area contributed by atoms with Crippen molar-refractivity contribution >= 4 is 16.0 Å². The van der Waals surface area contributed by atoms with Crippen LogP contribution in [0, 0.1) is 6.92 Å². The van der Waals surface area contributed by atoms with Crippen LogP contribution in [0.2, 0.25) is 0 Å². The number of hydrogen-bond donors (Lipinski definition) is 0. The predicted molar refractivity (Wildman–Crippen MR) is 95.9 cm³/mol. The summed E-state index contributed by atoms with van der Waals surface area (Å²) < 4.78 is 43.2. The highest BCUT2D eigenvalue weighted by Crippen LogP contribution is 2.50. The van der Waals surface area contributed by atoms with Crippen molar-refractivity contribution in [2.75, 3.05) is 13.4 Å². The summed E-state index contributed by atoms with van der Waals surface area (Å²) in [6.45, 7) is 3.87. The molecule has 7 nitrogen and oxygen atoms in total. The molecule has 0 saturated carbocycles. The monoisotopic (exact) mass is 389 g/mol. The van der Waals surface area contributed by atoms with Gasteiger partial charge in [-0.3, -0.25) is 4.79 Å². The fourth-order valence-corrected chi connectivity index (χ4v) is 4.93. The normalized spacial score (nSPS) is 23.1. The molecule has 0 aromatic heterocycles. The Morgan fingerprint density at radius 3 is 2.56 bits per heavy atom. The molecule has 0 bridgehead atoms. The minimum absolute atomic E-state index is 0.121. The lowest BCUT2D eigenvalue weighted by Crippen LogP contribution is -2.21. The second-order valence-corrected chi connectivity index (χ2v) is 8.25. The van der Waals surface area contributed by atoms with Gasteiger partial charge in [-0.2, -0.15) is 4.31 Å². The van der Waals surface area contributed by atoms with Crippen molar-refractivity contribution in [3.63, 3.8) is 0 Å². The molecule has 142 valence electrons. The summed E-state index contributed by atoms with van der Waals surface area (Å²) in [7, 11) is -3.85. The molecular weight excluding hydrogens is 370 g/mol. The van der Waals surface area contributed by atoms with E-state index in [2.05, 4.69) is 0 Å². The van der Waals surface area contributed by atoms with Crippen LogP contribution >= 0.6 is 0 Å². The molecule has 2 heterocycles. The van der Waals surface area contributed by atoms with Crippen LogP contribution in [-0.4, -0.2) is 38.1 Å². The Morgan fingerprint density at radius 1 is 1.15 bits per heavy atom. The van der Waals surface area contributed by atoms with Crippen LogP contribution in [0.3, 0.4) is 0 Å². The molecule has 3 atom stereocenters. The van der Waals surface area contributed by atoms with Gasteiger partial charge in [-0.05, 0) is 43.7 Å². The summed E-state index contributed by atoms with van der Waals surface area (Å²) in [5.74, 6) is 0.575. The zero-order valence-corrected chi connectivity index (χ0v) is 15.7. The number of benzene rings is 2. The van der Waals surface area contributed by atoms with Crippen molar-refractivity contribution in [2.45, 2.75) is 30.8 Å². The number of ether oxygens (including phenoxy) is 3. The molecule has 0 amide bonds. The lowest BCUT2D eigenvalue weighted by Gasteiger charge is -2.07. The van der Waals surface area contributed by atoms with Gasteiger partial charge in [-0.25, -0.2) is 8.42 Å². The van der Waals surface area contributed by atoms with Crippen molar-refractivity contribution in [2.24, 2.45) is 0 Å². The van der Waals surface area contributed by atoms with Gasteiger partial charge < -0.3 is 14.2 Å². The number of fused-ring (bicyclic) bond motifs is 1. The number of carbonyl (C=O) groups excluding carboxylic acids is 1. The van der Waals surface area contributed by atoms with Crippen LogP contribution in [0.15, 0.2) is 47.4 Å². The molecular formula is C19H19NO6S.